The number of rotatable bonds is 7. The highest BCUT2D eigenvalue weighted by molar-refractivity contribution is 5.36. The molecule has 3 aromatic rings. The van der Waals surface area contributed by atoms with E-state index in [1.807, 2.05) is 54.6 Å². The first-order valence-electron chi connectivity index (χ1n) is 9.21. The molecule has 0 saturated carbocycles. The molecule has 0 saturated heterocycles. The van der Waals surface area contributed by atoms with Gasteiger partial charge in [-0.25, -0.2) is 0 Å². The summed E-state index contributed by atoms with van der Waals surface area (Å²) in [5.74, 6) is 2.60. The molecule has 3 rings (SSSR count). The van der Waals surface area contributed by atoms with Crippen molar-refractivity contribution < 1.29 is 9.47 Å². The average Bonchev–Trinajstić information content (AvgIpc) is 2.69. The minimum atomic E-state index is -0.0373. The molecule has 2 nitrogen and oxygen atoms in total. The zero-order valence-electron chi connectivity index (χ0n) is 16.2. The van der Waals surface area contributed by atoms with Gasteiger partial charge in [0.05, 0.1) is 7.11 Å². The third-order valence-electron chi connectivity index (χ3n) is 4.60. The zero-order valence-corrected chi connectivity index (χ0v) is 16.2. The summed E-state index contributed by atoms with van der Waals surface area (Å²) < 4.78 is 11.2. The lowest BCUT2D eigenvalue weighted by Gasteiger charge is -2.21. The Bertz CT molecular complexity index is 878. The number of hydrogen-bond donors (Lipinski definition) is 0. The molecule has 0 aliphatic heterocycles. The van der Waals surface area contributed by atoms with Crippen LogP contribution < -0.4 is 9.47 Å². The molecular weight excluding hydrogens is 332 g/mol. The zero-order chi connectivity index (χ0) is 19.1. The summed E-state index contributed by atoms with van der Waals surface area (Å²) in [7, 11) is 1.69. The summed E-state index contributed by atoms with van der Waals surface area (Å²) >= 11 is 0. The van der Waals surface area contributed by atoms with Crippen molar-refractivity contribution in [3.63, 3.8) is 0 Å². The third kappa shape index (κ3) is 5.24. The molecular formula is C25H26O2. The van der Waals surface area contributed by atoms with Gasteiger partial charge in [0.1, 0.15) is 17.2 Å². The predicted octanol–water partition coefficient (Wildman–Crippen LogP) is 6.56. The molecule has 3 aromatic carbocycles. The van der Waals surface area contributed by atoms with E-state index in [4.69, 9.17) is 9.47 Å². The van der Waals surface area contributed by atoms with E-state index < -0.39 is 0 Å². The highest BCUT2D eigenvalue weighted by Gasteiger charge is 2.16. The van der Waals surface area contributed by atoms with Gasteiger partial charge in [-0.1, -0.05) is 68.5 Å². The van der Waals surface area contributed by atoms with Crippen LogP contribution in [0.4, 0.5) is 0 Å². The van der Waals surface area contributed by atoms with Crippen LogP contribution in [0.1, 0.15) is 25.0 Å². The van der Waals surface area contributed by atoms with Crippen molar-refractivity contribution >= 4 is 0 Å². The molecule has 2 heteroatoms. The van der Waals surface area contributed by atoms with Crippen molar-refractivity contribution in [3.8, 4) is 17.2 Å². The predicted molar refractivity (Wildman–Crippen MR) is 112 cm³/mol. The van der Waals surface area contributed by atoms with Gasteiger partial charge in [-0.2, -0.15) is 0 Å². The minimum absolute atomic E-state index is 0.0373. The molecule has 0 radical (unpaired) electrons. The Morgan fingerprint density at radius 3 is 2.19 bits per heavy atom. The van der Waals surface area contributed by atoms with E-state index in [-0.39, 0.29) is 5.41 Å². The number of allylic oxidation sites excluding steroid dienone is 2. The molecule has 0 aliphatic carbocycles. The van der Waals surface area contributed by atoms with Gasteiger partial charge < -0.3 is 9.47 Å². The van der Waals surface area contributed by atoms with Crippen LogP contribution in [0.5, 0.6) is 17.2 Å². The van der Waals surface area contributed by atoms with Gasteiger partial charge in [0.25, 0.3) is 0 Å². The second kappa shape index (κ2) is 8.59. The summed E-state index contributed by atoms with van der Waals surface area (Å²) in [6, 6.07) is 26.4. The Morgan fingerprint density at radius 2 is 1.48 bits per heavy atom. The summed E-state index contributed by atoms with van der Waals surface area (Å²) in [5, 5.41) is 0. The second-order valence-electron chi connectivity index (χ2n) is 7.12. The van der Waals surface area contributed by atoms with E-state index in [0.29, 0.717) is 0 Å². The van der Waals surface area contributed by atoms with E-state index in [1.165, 1.54) is 11.1 Å². The van der Waals surface area contributed by atoms with E-state index in [2.05, 4.69) is 50.3 Å². The summed E-state index contributed by atoms with van der Waals surface area (Å²) in [6.45, 7) is 4.44. The molecule has 0 atom stereocenters. The van der Waals surface area contributed by atoms with Gasteiger partial charge in [0.2, 0.25) is 0 Å². The van der Waals surface area contributed by atoms with Gasteiger partial charge in [0, 0.05) is 5.41 Å². The van der Waals surface area contributed by atoms with Crippen LogP contribution in [0.3, 0.4) is 0 Å². The van der Waals surface area contributed by atoms with Crippen LogP contribution in [0, 0.1) is 0 Å². The van der Waals surface area contributed by atoms with Crippen molar-refractivity contribution in [2.75, 3.05) is 7.11 Å². The first kappa shape index (κ1) is 18.8. The van der Waals surface area contributed by atoms with Crippen molar-refractivity contribution in [2.24, 2.45) is 0 Å². The summed E-state index contributed by atoms with van der Waals surface area (Å²) in [5.41, 5.74) is 2.45. The van der Waals surface area contributed by atoms with Crippen molar-refractivity contribution in [3.05, 3.63) is 102 Å². The number of para-hydroxylation sites is 1. The minimum Gasteiger partial charge on any atom is -0.497 e. The molecule has 0 unspecified atom stereocenters. The first-order chi connectivity index (χ1) is 13.1. The fourth-order valence-electron chi connectivity index (χ4n) is 2.97. The molecule has 0 amide bonds. The van der Waals surface area contributed by atoms with Crippen LogP contribution in [-0.2, 0) is 11.8 Å². The third-order valence-corrected chi connectivity index (χ3v) is 4.60. The molecule has 138 valence electrons. The maximum atomic E-state index is 5.92. The molecule has 0 spiro atoms. The van der Waals surface area contributed by atoms with Gasteiger partial charge >= 0.3 is 0 Å². The van der Waals surface area contributed by atoms with Crippen molar-refractivity contribution in [1.29, 1.82) is 0 Å². The number of hydrogen-bond acceptors (Lipinski definition) is 2. The molecule has 27 heavy (non-hydrogen) atoms. The lowest BCUT2D eigenvalue weighted by Crippen LogP contribution is -2.13. The maximum absolute atomic E-state index is 5.92. The largest absolute Gasteiger partial charge is 0.497 e. The maximum Gasteiger partial charge on any atom is 0.127 e. The smallest absolute Gasteiger partial charge is 0.127 e. The SMILES string of the molecule is COc1ccc(C(C)(C)C=CCc2cccc(Oc3ccccc3)c2)cc1. The summed E-state index contributed by atoms with van der Waals surface area (Å²) in [6.07, 6.45) is 5.36. The van der Waals surface area contributed by atoms with Crippen LogP contribution in [0.15, 0.2) is 91.0 Å². The number of methoxy groups -OCH3 is 1. The quantitative estimate of drug-likeness (QED) is 0.445. The van der Waals surface area contributed by atoms with E-state index in [9.17, 15) is 0 Å². The van der Waals surface area contributed by atoms with Crippen LogP contribution in [-0.4, -0.2) is 7.11 Å². The lowest BCUT2D eigenvalue weighted by molar-refractivity contribution is 0.414. The average molecular weight is 358 g/mol. The Kier molecular flexibility index (Phi) is 5.97. The Morgan fingerprint density at radius 1 is 0.778 bits per heavy atom. The van der Waals surface area contributed by atoms with Gasteiger partial charge in [-0.05, 0) is 53.9 Å². The lowest BCUT2D eigenvalue weighted by atomic mass is 9.84. The van der Waals surface area contributed by atoms with Gasteiger partial charge in [0.15, 0.2) is 0 Å². The van der Waals surface area contributed by atoms with Crippen molar-refractivity contribution in [1.82, 2.24) is 0 Å². The molecule has 0 aliphatic rings. The van der Waals surface area contributed by atoms with E-state index in [1.54, 1.807) is 7.11 Å². The summed E-state index contributed by atoms with van der Waals surface area (Å²) in [4.78, 5) is 0. The number of ether oxygens (including phenoxy) is 2. The normalized spacial score (nSPS) is 11.5. The highest BCUT2D eigenvalue weighted by atomic mass is 16.5. The van der Waals surface area contributed by atoms with Crippen LogP contribution in [0.25, 0.3) is 0 Å². The Balaban J connectivity index is 1.65. The molecule has 0 bridgehead atoms. The molecule has 0 heterocycles. The van der Waals surface area contributed by atoms with Gasteiger partial charge in [-0.15, -0.1) is 0 Å². The molecule has 0 N–H and O–H groups in total. The second-order valence-corrected chi connectivity index (χ2v) is 7.12. The standard InChI is InChI=1S/C25H26O2/c1-25(2,21-14-16-22(26-3)17-15-21)18-8-10-20-9-7-13-24(19-20)27-23-11-5-4-6-12-23/h4-9,11-19H,10H2,1-3H3. The highest BCUT2D eigenvalue weighted by Crippen LogP contribution is 2.27. The van der Waals surface area contributed by atoms with Crippen LogP contribution in [0.2, 0.25) is 0 Å². The monoisotopic (exact) mass is 358 g/mol. The molecule has 0 fully saturated rings. The van der Waals surface area contributed by atoms with Crippen LogP contribution >= 0.6 is 0 Å². The molecule has 0 aromatic heterocycles. The fourth-order valence-corrected chi connectivity index (χ4v) is 2.97. The number of benzene rings is 3. The topological polar surface area (TPSA) is 18.5 Å². The Hall–Kier alpha value is -3.00. The Labute approximate surface area is 162 Å². The van der Waals surface area contributed by atoms with Gasteiger partial charge in [-0.3, -0.25) is 0 Å². The first-order valence-corrected chi connectivity index (χ1v) is 9.21. The van der Waals surface area contributed by atoms with E-state index >= 15 is 0 Å². The van der Waals surface area contributed by atoms with E-state index in [0.717, 1.165) is 23.7 Å². The fraction of sp³-hybridized carbons (Fsp3) is 0.200. The van der Waals surface area contributed by atoms with Crippen molar-refractivity contribution in [2.45, 2.75) is 25.7 Å².